The fraction of sp³-hybridized carbons (Fsp3) is 0.742. The van der Waals surface area contributed by atoms with Crippen molar-refractivity contribution in [2.45, 2.75) is 148 Å². The fourth-order valence-electron chi connectivity index (χ4n) is 4.56. The number of rotatable bonds is 23. The number of unbranched alkanes of at least 4 members (excludes halogenated alkanes) is 18. The smallest absolute Gasteiger partial charge is 0.330 e. The summed E-state index contributed by atoms with van der Waals surface area (Å²) in [5.74, 6) is -1.02. The van der Waals surface area contributed by atoms with E-state index in [1.165, 1.54) is 115 Å². The van der Waals surface area contributed by atoms with Crippen LogP contribution in [0.5, 0.6) is 5.75 Å². The van der Waals surface area contributed by atoms with E-state index in [1.807, 2.05) is 0 Å². The quantitative estimate of drug-likeness (QED) is 0.0893. The first-order valence-electron chi connectivity index (χ1n) is 14.8. The zero-order valence-corrected chi connectivity index (χ0v) is 23.0. The van der Waals surface area contributed by atoms with E-state index in [4.69, 9.17) is 10.5 Å². The standard InChI is InChI=1S/C31H53NO4/c1-2-3-4-5-6-7-8-9-10-11-12-13-14-15-16-17-18-19-20-21-30(34)36-31(35)29(32)26-27-22-24-28(33)25-23-27/h22-25,29,33H,2-21,26,32H2,1H3/t29-/m0/s1. The molecule has 1 aromatic rings. The normalized spacial score (nSPS) is 11.9. The van der Waals surface area contributed by atoms with Crippen LogP contribution in [0.4, 0.5) is 0 Å². The topological polar surface area (TPSA) is 89.6 Å². The number of benzene rings is 1. The molecule has 5 heteroatoms. The highest BCUT2D eigenvalue weighted by Gasteiger charge is 2.19. The van der Waals surface area contributed by atoms with Gasteiger partial charge in [-0.1, -0.05) is 135 Å². The summed E-state index contributed by atoms with van der Waals surface area (Å²) in [6.07, 6.45) is 25.4. The number of esters is 2. The maximum Gasteiger partial charge on any atom is 0.330 e. The first-order valence-corrected chi connectivity index (χ1v) is 14.8. The van der Waals surface area contributed by atoms with Crippen LogP contribution < -0.4 is 5.73 Å². The first kappa shape index (κ1) is 32.1. The average molecular weight is 504 g/mol. The highest BCUT2D eigenvalue weighted by molar-refractivity contribution is 5.88. The molecule has 1 aromatic carbocycles. The van der Waals surface area contributed by atoms with Gasteiger partial charge in [-0.2, -0.15) is 0 Å². The maximum absolute atomic E-state index is 12.0. The van der Waals surface area contributed by atoms with Crippen molar-refractivity contribution in [1.82, 2.24) is 0 Å². The van der Waals surface area contributed by atoms with Gasteiger partial charge in [0, 0.05) is 6.42 Å². The van der Waals surface area contributed by atoms with Gasteiger partial charge in [0.25, 0.3) is 0 Å². The number of phenolic OH excluding ortho intramolecular Hbond substituents is 1. The summed E-state index contributed by atoms with van der Waals surface area (Å²) in [7, 11) is 0. The Morgan fingerprint density at radius 3 is 1.50 bits per heavy atom. The number of hydrogen-bond acceptors (Lipinski definition) is 5. The van der Waals surface area contributed by atoms with E-state index in [0.29, 0.717) is 0 Å². The first-order chi connectivity index (χ1) is 17.5. The van der Waals surface area contributed by atoms with Crippen LogP contribution in [0.3, 0.4) is 0 Å². The molecule has 0 heterocycles. The van der Waals surface area contributed by atoms with Gasteiger partial charge in [0.05, 0.1) is 0 Å². The van der Waals surface area contributed by atoms with Crippen LogP contribution in [0.1, 0.15) is 141 Å². The lowest BCUT2D eigenvalue weighted by Crippen LogP contribution is -2.35. The van der Waals surface area contributed by atoms with E-state index in [2.05, 4.69) is 6.92 Å². The molecule has 0 saturated carbocycles. The van der Waals surface area contributed by atoms with Gasteiger partial charge in [0.15, 0.2) is 0 Å². The van der Waals surface area contributed by atoms with Gasteiger partial charge in [0.2, 0.25) is 0 Å². The van der Waals surface area contributed by atoms with E-state index in [-0.39, 0.29) is 18.6 Å². The zero-order chi connectivity index (χ0) is 26.3. The summed E-state index contributed by atoms with van der Waals surface area (Å²) in [5.41, 5.74) is 6.66. The molecule has 0 spiro atoms. The van der Waals surface area contributed by atoms with Crippen molar-refractivity contribution in [3.8, 4) is 5.75 Å². The van der Waals surface area contributed by atoms with Crippen LogP contribution in [0, 0.1) is 0 Å². The molecule has 0 saturated heterocycles. The molecule has 0 unspecified atom stereocenters. The minimum atomic E-state index is -0.886. The summed E-state index contributed by atoms with van der Waals surface area (Å²) in [6, 6.07) is 5.59. The lowest BCUT2D eigenvalue weighted by molar-refractivity contribution is -0.160. The number of carbonyl (C=O) groups is 2. The number of carbonyl (C=O) groups excluding carboxylic acids is 2. The Labute approximate surface area is 220 Å². The second kappa shape index (κ2) is 22.3. The molecule has 0 radical (unpaired) electrons. The van der Waals surface area contributed by atoms with Crippen molar-refractivity contribution in [1.29, 1.82) is 0 Å². The molecule has 5 nitrogen and oxygen atoms in total. The Morgan fingerprint density at radius 1 is 0.694 bits per heavy atom. The maximum atomic E-state index is 12.0. The van der Waals surface area contributed by atoms with Gasteiger partial charge in [-0.3, -0.25) is 4.79 Å². The average Bonchev–Trinajstić information content (AvgIpc) is 2.86. The van der Waals surface area contributed by atoms with Crippen molar-refractivity contribution in [3.63, 3.8) is 0 Å². The van der Waals surface area contributed by atoms with E-state index in [9.17, 15) is 14.7 Å². The molecule has 0 aliphatic heterocycles. The Hall–Kier alpha value is -1.88. The van der Waals surface area contributed by atoms with E-state index in [1.54, 1.807) is 12.1 Å². The molecule has 206 valence electrons. The Balaban J connectivity index is 1.85. The summed E-state index contributed by atoms with van der Waals surface area (Å²) in [6.45, 7) is 2.28. The third-order valence-electron chi connectivity index (χ3n) is 6.89. The largest absolute Gasteiger partial charge is 0.508 e. The second-order valence-electron chi connectivity index (χ2n) is 10.4. The molecular formula is C31H53NO4. The summed E-state index contributed by atoms with van der Waals surface area (Å²) in [5, 5.41) is 9.30. The Bertz CT molecular complexity index is 674. The van der Waals surface area contributed by atoms with Crippen molar-refractivity contribution >= 4 is 11.9 Å². The SMILES string of the molecule is CCCCCCCCCCCCCCCCCCCCCC(=O)OC(=O)[C@@H](N)Cc1ccc(O)cc1. The molecule has 0 aliphatic carbocycles. The van der Waals surface area contributed by atoms with Gasteiger partial charge in [0.1, 0.15) is 11.8 Å². The minimum Gasteiger partial charge on any atom is -0.508 e. The van der Waals surface area contributed by atoms with Crippen LogP contribution in [-0.4, -0.2) is 23.1 Å². The monoisotopic (exact) mass is 503 g/mol. The molecule has 0 bridgehead atoms. The van der Waals surface area contributed by atoms with Gasteiger partial charge in [-0.15, -0.1) is 0 Å². The zero-order valence-electron chi connectivity index (χ0n) is 23.0. The molecule has 0 fully saturated rings. The minimum absolute atomic E-state index is 0.157. The molecular weight excluding hydrogens is 450 g/mol. The van der Waals surface area contributed by atoms with Gasteiger partial charge >= 0.3 is 11.9 Å². The summed E-state index contributed by atoms with van der Waals surface area (Å²) < 4.78 is 4.89. The number of ether oxygens (including phenoxy) is 1. The fourth-order valence-corrected chi connectivity index (χ4v) is 4.56. The molecule has 0 amide bonds. The van der Waals surface area contributed by atoms with E-state index in [0.717, 1.165) is 24.8 Å². The number of aromatic hydroxyl groups is 1. The van der Waals surface area contributed by atoms with Gasteiger partial charge < -0.3 is 15.6 Å². The third-order valence-corrected chi connectivity index (χ3v) is 6.89. The van der Waals surface area contributed by atoms with Crippen LogP contribution >= 0.6 is 0 Å². The molecule has 36 heavy (non-hydrogen) atoms. The number of hydrogen-bond donors (Lipinski definition) is 2. The van der Waals surface area contributed by atoms with Crippen molar-refractivity contribution in [2.24, 2.45) is 5.73 Å². The lowest BCUT2D eigenvalue weighted by atomic mass is 10.0. The van der Waals surface area contributed by atoms with Gasteiger partial charge in [-0.25, -0.2) is 4.79 Å². The highest BCUT2D eigenvalue weighted by atomic mass is 16.6. The lowest BCUT2D eigenvalue weighted by Gasteiger charge is -2.10. The van der Waals surface area contributed by atoms with Crippen LogP contribution in [0.25, 0.3) is 0 Å². The second-order valence-corrected chi connectivity index (χ2v) is 10.4. The van der Waals surface area contributed by atoms with Crippen LogP contribution in [-0.2, 0) is 20.7 Å². The highest BCUT2D eigenvalue weighted by Crippen LogP contribution is 2.15. The molecule has 3 N–H and O–H groups in total. The number of nitrogens with two attached hydrogens (primary N) is 1. The molecule has 0 aromatic heterocycles. The van der Waals surface area contributed by atoms with E-state index >= 15 is 0 Å². The van der Waals surface area contributed by atoms with Crippen molar-refractivity contribution in [2.75, 3.05) is 0 Å². The van der Waals surface area contributed by atoms with Crippen molar-refractivity contribution < 1.29 is 19.4 Å². The third kappa shape index (κ3) is 18.4. The molecule has 1 atom stereocenters. The molecule has 1 rings (SSSR count). The van der Waals surface area contributed by atoms with Gasteiger partial charge in [-0.05, 0) is 30.5 Å². The predicted molar refractivity (Wildman–Crippen MR) is 149 cm³/mol. The Kier molecular flexibility index (Phi) is 19.9. The summed E-state index contributed by atoms with van der Waals surface area (Å²) >= 11 is 0. The Morgan fingerprint density at radius 2 is 1.08 bits per heavy atom. The predicted octanol–water partition coefficient (Wildman–Crippen LogP) is 8.15. The van der Waals surface area contributed by atoms with Crippen LogP contribution in [0.2, 0.25) is 0 Å². The number of phenols is 1. The summed E-state index contributed by atoms with van der Waals surface area (Å²) in [4.78, 5) is 23.9. The van der Waals surface area contributed by atoms with E-state index < -0.39 is 18.0 Å². The molecule has 0 aliphatic rings. The van der Waals surface area contributed by atoms with Crippen molar-refractivity contribution in [3.05, 3.63) is 29.8 Å². The van der Waals surface area contributed by atoms with Crippen LogP contribution in [0.15, 0.2) is 24.3 Å².